The molecule has 1 unspecified atom stereocenters. The van der Waals surface area contributed by atoms with Crippen molar-refractivity contribution < 1.29 is 0 Å². The molecule has 1 N–H and O–H groups in total. The molecule has 88 valence electrons. The molecule has 0 saturated carbocycles. The number of rotatable bonds is 4. The highest BCUT2D eigenvalue weighted by Crippen LogP contribution is 2.22. The fourth-order valence-electron chi connectivity index (χ4n) is 1.70. The van der Waals surface area contributed by atoms with Crippen LogP contribution in [0.15, 0.2) is 48.7 Å². The van der Waals surface area contributed by atoms with Crippen LogP contribution in [0.2, 0.25) is 5.02 Å². The number of benzene rings is 1. The van der Waals surface area contributed by atoms with Crippen molar-refractivity contribution in [2.24, 2.45) is 0 Å². The Morgan fingerprint density at radius 1 is 1.18 bits per heavy atom. The number of nitrogens with one attached hydrogen (secondary N) is 1. The van der Waals surface area contributed by atoms with Crippen LogP contribution in [0.4, 0.5) is 0 Å². The third-order valence-corrected chi connectivity index (χ3v) is 3.03. The summed E-state index contributed by atoms with van der Waals surface area (Å²) in [6.07, 6.45) is 1.80. The molecule has 0 fully saturated rings. The number of nitrogens with zero attached hydrogens (tertiary/aromatic N) is 1. The SMILES string of the molecule is CC(NCc1ccccn1)c1ccccc1Cl. The van der Waals surface area contributed by atoms with Crippen molar-refractivity contribution >= 4 is 11.6 Å². The van der Waals surface area contributed by atoms with Gasteiger partial charge in [-0.2, -0.15) is 0 Å². The van der Waals surface area contributed by atoms with Gasteiger partial charge in [-0.1, -0.05) is 35.9 Å². The van der Waals surface area contributed by atoms with Crippen LogP contribution < -0.4 is 5.32 Å². The molecule has 0 aliphatic heterocycles. The van der Waals surface area contributed by atoms with Gasteiger partial charge in [0.15, 0.2) is 0 Å². The number of hydrogen-bond donors (Lipinski definition) is 1. The van der Waals surface area contributed by atoms with Gasteiger partial charge in [0.2, 0.25) is 0 Å². The maximum Gasteiger partial charge on any atom is 0.0541 e. The van der Waals surface area contributed by atoms with Crippen molar-refractivity contribution in [1.29, 1.82) is 0 Å². The van der Waals surface area contributed by atoms with Crippen LogP contribution in [0.3, 0.4) is 0 Å². The predicted molar refractivity (Wildman–Crippen MR) is 70.9 cm³/mol. The molecule has 0 aliphatic carbocycles. The Labute approximate surface area is 107 Å². The van der Waals surface area contributed by atoms with Crippen molar-refractivity contribution in [3.63, 3.8) is 0 Å². The first-order chi connectivity index (χ1) is 8.27. The van der Waals surface area contributed by atoms with Crippen LogP contribution in [0.1, 0.15) is 24.2 Å². The van der Waals surface area contributed by atoms with Crippen molar-refractivity contribution in [3.8, 4) is 0 Å². The first kappa shape index (κ1) is 12.1. The average Bonchev–Trinajstić information content (AvgIpc) is 2.38. The Kier molecular flexibility index (Phi) is 4.13. The van der Waals surface area contributed by atoms with Gasteiger partial charge < -0.3 is 5.32 Å². The summed E-state index contributed by atoms with van der Waals surface area (Å²) in [5, 5.41) is 4.21. The molecular weight excluding hydrogens is 232 g/mol. The van der Waals surface area contributed by atoms with Crippen molar-refractivity contribution in [3.05, 3.63) is 64.9 Å². The van der Waals surface area contributed by atoms with E-state index in [4.69, 9.17) is 11.6 Å². The van der Waals surface area contributed by atoms with Gasteiger partial charge in [-0.15, -0.1) is 0 Å². The molecule has 1 atom stereocenters. The highest BCUT2D eigenvalue weighted by atomic mass is 35.5. The summed E-state index contributed by atoms with van der Waals surface area (Å²) in [5.41, 5.74) is 2.15. The third-order valence-electron chi connectivity index (χ3n) is 2.69. The third kappa shape index (κ3) is 3.29. The summed E-state index contributed by atoms with van der Waals surface area (Å²) < 4.78 is 0. The Hall–Kier alpha value is -1.38. The molecule has 1 aromatic carbocycles. The van der Waals surface area contributed by atoms with Gasteiger partial charge in [-0.25, -0.2) is 0 Å². The molecular formula is C14H15ClN2. The van der Waals surface area contributed by atoms with E-state index < -0.39 is 0 Å². The topological polar surface area (TPSA) is 24.9 Å². The van der Waals surface area contributed by atoms with Gasteiger partial charge in [0.1, 0.15) is 0 Å². The van der Waals surface area contributed by atoms with Crippen LogP contribution in [0.25, 0.3) is 0 Å². The van der Waals surface area contributed by atoms with E-state index in [1.165, 1.54) is 0 Å². The predicted octanol–water partition coefficient (Wildman–Crippen LogP) is 3.59. The van der Waals surface area contributed by atoms with E-state index in [2.05, 4.69) is 17.2 Å². The first-order valence-electron chi connectivity index (χ1n) is 5.65. The van der Waals surface area contributed by atoms with Gasteiger partial charge >= 0.3 is 0 Å². The molecule has 0 amide bonds. The second kappa shape index (κ2) is 5.80. The monoisotopic (exact) mass is 246 g/mol. The molecule has 2 rings (SSSR count). The number of pyridine rings is 1. The lowest BCUT2D eigenvalue weighted by Gasteiger charge is -2.15. The molecule has 0 aliphatic rings. The summed E-state index contributed by atoms with van der Waals surface area (Å²) >= 11 is 6.15. The summed E-state index contributed by atoms with van der Waals surface area (Å²) in [6.45, 7) is 2.84. The van der Waals surface area contributed by atoms with E-state index in [-0.39, 0.29) is 6.04 Å². The quantitative estimate of drug-likeness (QED) is 0.892. The van der Waals surface area contributed by atoms with Gasteiger partial charge in [0, 0.05) is 23.8 Å². The standard InChI is InChI=1S/C14H15ClN2/c1-11(13-7-2-3-8-14(13)15)17-10-12-6-4-5-9-16-12/h2-9,11,17H,10H2,1H3. The minimum absolute atomic E-state index is 0.214. The molecule has 1 heterocycles. The Morgan fingerprint density at radius 2 is 1.94 bits per heavy atom. The minimum atomic E-state index is 0.214. The minimum Gasteiger partial charge on any atom is -0.305 e. The van der Waals surface area contributed by atoms with Crippen LogP contribution in [0.5, 0.6) is 0 Å². The number of hydrogen-bond acceptors (Lipinski definition) is 2. The molecule has 1 aromatic heterocycles. The Bertz CT molecular complexity index is 471. The summed E-state index contributed by atoms with van der Waals surface area (Å²) in [6, 6.07) is 14.0. The van der Waals surface area contributed by atoms with Crippen LogP contribution in [-0.2, 0) is 6.54 Å². The van der Waals surface area contributed by atoms with E-state index in [0.717, 1.165) is 22.8 Å². The highest BCUT2D eigenvalue weighted by Gasteiger charge is 2.08. The average molecular weight is 247 g/mol. The van der Waals surface area contributed by atoms with Crippen molar-refractivity contribution in [2.45, 2.75) is 19.5 Å². The molecule has 0 radical (unpaired) electrons. The zero-order valence-corrected chi connectivity index (χ0v) is 10.5. The highest BCUT2D eigenvalue weighted by molar-refractivity contribution is 6.31. The zero-order valence-electron chi connectivity index (χ0n) is 9.73. The summed E-state index contributed by atoms with van der Waals surface area (Å²) in [5.74, 6) is 0. The lowest BCUT2D eigenvalue weighted by Crippen LogP contribution is -2.18. The summed E-state index contributed by atoms with van der Waals surface area (Å²) in [7, 11) is 0. The Balaban J connectivity index is 1.99. The second-order valence-electron chi connectivity index (χ2n) is 3.95. The zero-order chi connectivity index (χ0) is 12.1. The van der Waals surface area contributed by atoms with Crippen LogP contribution in [0, 0.1) is 0 Å². The van der Waals surface area contributed by atoms with Crippen LogP contribution in [-0.4, -0.2) is 4.98 Å². The van der Waals surface area contributed by atoms with E-state index in [9.17, 15) is 0 Å². The molecule has 2 aromatic rings. The maximum atomic E-state index is 6.15. The van der Waals surface area contributed by atoms with Gasteiger partial charge in [0.05, 0.1) is 5.69 Å². The van der Waals surface area contributed by atoms with Gasteiger partial charge in [-0.05, 0) is 30.7 Å². The van der Waals surface area contributed by atoms with Gasteiger partial charge in [0.25, 0.3) is 0 Å². The summed E-state index contributed by atoms with van der Waals surface area (Å²) in [4.78, 5) is 4.27. The molecule has 2 nitrogen and oxygen atoms in total. The molecule has 3 heteroatoms. The molecule has 0 saturated heterocycles. The lowest BCUT2D eigenvalue weighted by molar-refractivity contribution is 0.568. The number of aromatic nitrogens is 1. The van der Waals surface area contributed by atoms with E-state index in [1.807, 2.05) is 42.5 Å². The van der Waals surface area contributed by atoms with E-state index in [0.29, 0.717) is 0 Å². The lowest BCUT2D eigenvalue weighted by atomic mass is 10.1. The largest absolute Gasteiger partial charge is 0.305 e. The van der Waals surface area contributed by atoms with Crippen LogP contribution >= 0.6 is 11.6 Å². The fraction of sp³-hybridized carbons (Fsp3) is 0.214. The fourth-order valence-corrected chi connectivity index (χ4v) is 2.00. The molecule has 17 heavy (non-hydrogen) atoms. The van der Waals surface area contributed by atoms with Gasteiger partial charge in [-0.3, -0.25) is 4.98 Å². The van der Waals surface area contributed by atoms with Crippen molar-refractivity contribution in [2.75, 3.05) is 0 Å². The van der Waals surface area contributed by atoms with E-state index >= 15 is 0 Å². The van der Waals surface area contributed by atoms with E-state index in [1.54, 1.807) is 6.20 Å². The molecule has 0 spiro atoms. The Morgan fingerprint density at radius 3 is 2.65 bits per heavy atom. The molecule has 0 bridgehead atoms. The normalized spacial score (nSPS) is 12.4. The van der Waals surface area contributed by atoms with Crippen molar-refractivity contribution in [1.82, 2.24) is 10.3 Å². The maximum absolute atomic E-state index is 6.15. The second-order valence-corrected chi connectivity index (χ2v) is 4.35. The number of halogens is 1. The smallest absolute Gasteiger partial charge is 0.0541 e. The first-order valence-corrected chi connectivity index (χ1v) is 6.03.